The molecular weight excluding hydrogens is 238 g/mol. The lowest BCUT2D eigenvalue weighted by Gasteiger charge is -2.25. The summed E-state index contributed by atoms with van der Waals surface area (Å²) in [7, 11) is 0. The Morgan fingerprint density at radius 1 is 1.26 bits per heavy atom. The molecule has 2 rings (SSSR count). The molecule has 2 atom stereocenters. The molecule has 0 aliphatic heterocycles. The summed E-state index contributed by atoms with van der Waals surface area (Å²) >= 11 is 0. The highest BCUT2D eigenvalue weighted by molar-refractivity contribution is 5.02. The zero-order chi connectivity index (χ0) is 13.8. The van der Waals surface area contributed by atoms with Crippen LogP contribution in [0.2, 0.25) is 0 Å². The van der Waals surface area contributed by atoms with E-state index in [4.69, 9.17) is 10.3 Å². The van der Waals surface area contributed by atoms with Crippen molar-refractivity contribution in [3.8, 4) is 0 Å². The normalized spacial score (nSPS) is 27.2. The van der Waals surface area contributed by atoms with Crippen LogP contribution in [0.4, 0.5) is 0 Å². The molecule has 0 aromatic carbocycles. The van der Waals surface area contributed by atoms with Gasteiger partial charge in [0.15, 0.2) is 5.82 Å². The lowest BCUT2D eigenvalue weighted by molar-refractivity contribution is 0.298. The summed E-state index contributed by atoms with van der Waals surface area (Å²) in [6.07, 6.45) is 7.25. The Bertz CT molecular complexity index is 380. The molecule has 0 spiro atoms. The Morgan fingerprint density at radius 3 is 2.47 bits per heavy atom. The van der Waals surface area contributed by atoms with Crippen molar-refractivity contribution in [1.29, 1.82) is 0 Å². The first-order chi connectivity index (χ1) is 9.15. The van der Waals surface area contributed by atoms with Crippen LogP contribution in [0.25, 0.3) is 0 Å². The monoisotopic (exact) mass is 265 g/mol. The minimum Gasteiger partial charge on any atom is -0.339 e. The molecule has 19 heavy (non-hydrogen) atoms. The zero-order valence-corrected chi connectivity index (χ0v) is 12.4. The maximum atomic E-state index is 5.98. The van der Waals surface area contributed by atoms with E-state index < -0.39 is 0 Å². The predicted octanol–water partition coefficient (Wildman–Crippen LogP) is 3.59. The summed E-state index contributed by atoms with van der Waals surface area (Å²) in [6.45, 7) is 6.40. The molecular formula is C15H27N3O. The van der Waals surface area contributed by atoms with Crippen LogP contribution in [-0.4, -0.2) is 16.2 Å². The molecule has 1 aliphatic rings. The molecule has 0 saturated heterocycles. The molecule has 2 unspecified atom stereocenters. The lowest BCUT2D eigenvalue weighted by Crippen LogP contribution is -2.24. The molecule has 1 aromatic heterocycles. The van der Waals surface area contributed by atoms with E-state index in [0.29, 0.717) is 5.92 Å². The highest BCUT2D eigenvalue weighted by atomic mass is 16.5. The lowest BCUT2D eigenvalue weighted by atomic mass is 9.80. The summed E-state index contributed by atoms with van der Waals surface area (Å²) < 4.78 is 5.44. The molecule has 1 aromatic rings. The van der Waals surface area contributed by atoms with Gasteiger partial charge in [0.05, 0.1) is 5.92 Å². The van der Waals surface area contributed by atoms with Gasteiger partial charge in [-0.25, -0.2) is 0 Å². The van der Waals surface area contributed by atoms with Gasteiger partial charge >= 0.3 is 0 Å². The van der Waals surface area contributed by atoms with Crippen LogP contribution in [0.1, 0.15) is 82.8 Å². The van der Waals surface area contributed by atoms with E-state index >= 15 is 0 Å². The average molecular weight is 265 g/mol. The molecule has 4 nitrogen and oxygen atoms in total. The molecule has 0 bridgehead atoms. The van der Waals surface area contributed by atoms with Gasteiger partial charge in [0.25, 0.3) is 0 Å². The molecule has 1 fully saturated rings. The topological polar surface area (TPSA) is 64.9 Å². The highest BCUT2D eigenvalue weighted by Crippen LogP contribution is 2.36. The van der Waals surface area contributed by atoms with Crippen LogP contribution in [0.15, 0.2) is 4.52 Å². The van der Waals surface area contributed by atoms with E-state index in [-0.39, 0.29) is 12.0 Å². The Morgan fingerprint density at radius 2 is 1.95 bits per heavy atom. The summed E-state index contributed by atoms with van der Waals surface area (Å²) in [5.74, 6) is 3.21. The Labute approximate surface area is 116 Å². The second kappa shape index (κ2) is 6.51. The summed E-state index contributed by atoms with van der Waals surface area (Å²) in [4.78, 5) is 4.62. The third-order valence-corrected chi connectivity index (χ3v) is 4.64. The number of nitrogens with zero attached hydrogens (tertiary/aromatic N) is 2. The molecule has 0 radical (unpaired) electrons. The van der Waals surface area contributed by atoms with E-state index in [0.717, 1.165) is 24.1 Å². The number of aromatic nitrogens is 2. The van der Waals surface area contributed by atoms with Crippen molar-refractivity contribution in [1.82, 2.24) is 10.1 Å². The Balaban J connectivity index is 2.01. The van der Waals surface area contributed by atoms with Gasteiger partial charge in [-0.15, -0.1) is 0 Å². The quantitative estimate of drug-likeness (QED) is 0.883. The fraction of sp³-hybridized carbons (Fsp3) is 0.867. The maximum Gasteiger partial charge on any atom is 0.231 e. The van der Waals surface area contributed by atoms with Gasteiger partial charge in [-0.3, -0.25) is 0 Å². The largest absolute Gasteiger partial charge is 0.339 e. The maximum absolute atomic E-state index is 5.98. The minimum atomic E-state index is 0.0640. The van der Waals surface area contributed by atoms with Gasteiger partial charge in [-0.1, -0.05) is 25.4 Å². The van der Waals surface area contributed by atoms with Crippen molar-refractivity contribution < 1.29 is 4.52 Å². The average Bonchev–Trinajstić information content (AvgIpc) is 2.89. The predicted molar refractivity (Wildman–Crippen MR) is 76.0 cm³/mol. The standard InChI is InChI=1S/C15H27N3O/c1-4-11-6-8-12(9-7-11)14-17-15(19-18-14)13(5-2)10(3)16/h10-13H,4-9,16H2,1-3H3. The second-order valence-electron chi connectivity index (χ2n) is 5.99. The smallest absolute Gasteiger partial charge is 0.231 e. The fourth-order valence-electron chi connectivity index (χ4n) is 3.16. The van der Waals surface area contributed by atoms with E-state index in [2.05, 4.69) is 24.0 Å². The van der Waals surface area contributed by atoms with Crippen LogP contribution >= 0.6 is 0 Å². The van der Waals surface area contributed by atoms with Gasteiger partial charge < -0.3 is 10.3 Å². The van der Waals surface area contributed by atoms with E-state index in [1.165, 1.54) is 32.1 Å². The second-order valence-corrected chi connectivity index (χ2v) is 5.99. The SMILES string of the molecule is CCC1CCC(c2noc(C(CC)C(C)N)n2)CC1. The summed E-state index contributed by atoms with van der Waals surface area (Å²) in [6, 6.07) is 0.0640. The minimum absolute atomic E-state index is 0.0640. The van der Waals surface area contributed by atoms with Crippen molar-refractivity contribution >= 4 is 0 Å². The van der Waals surface area contributed by atoms with E-state index in [9.17, 15) is 0 Å². The van der Waals surface area contributed by atoms with Crippen molar-refractivity contribution in [3.05, 3.63) is 11.7 Å². The summed E-state index contributed by atoms with van der Waals surface area (Å²) in [5, 5.41) is 4.20. The van der Waals surface area contributed by atoms with Crippen molar-refractivity contribution in [2.24, 2.45) is 11.7 Å². The van der Waals surface area contributed by atoms with Gasteiger partial charge in [-0.2, -0.15) is 4.98 Å². The molecule has 1 aliphatic carbocycles. The van der Waals surface area contributed by atoms with Crippen LogP contribution < -0.4 is 5.73 Å². The number of rotatable bonds is 5. The van der Waals surface area contributed by atoms with Gasteiger partial charge in [-0.05, 0) is 44.9 Å². The van der Waals surface area contributed by atoms with Gasteiger partial charge in [0.2, 0.25) is 5.89 Å². The first kappa shape index (κ1) is 14.5. The molecule has 0 amide bonds. The fourth-order valence-corrected chi connectivity index (χ4v) is 3.16. The van der Waals surface area contributed by atoms with Crippen LogP contribution in [0.5, 0.6) is 0 Å². The third kappa shape index (κ3) is 3.35. The van der Waals surface area contributed by atoms with Crippen molar-refractivity contribution in [2.45, 2.75) is 77.2 Å². The Kier molecular flexibility index (Phi) is 4.97. The van der Waals surface area contributed by atoms with Crippen LogP contribution in [-0.2, 0) is 0 Å². The molecule has 1 heterocycles. The van der Waals surface area contributed by atoms with E-state index in [1.54, 1.807) is 0 Å². The van der Waals surface area contributed by atoms with Crippen LogP contribution in [0, 0.1) is 5.92 Å². The van der Waals surface area contributed by atoms with E-state index in [1.807, 2.05) is 6.92 Å². The first-order valence-electron chi connectivity index (χ1n) is 7.74. The molecule has 4 heteroatoms. The summed E-state index contributed by atoms with van der Waals surface area (Å²) in [5.41, 5.74) is 5.98. The first-order valence-corrected chi connectivity index (χ1v) is 7.74. The number of nitrogens with two attached hydrogens (primary N) is 1. The van der Waals surface area contributed by atoms with Gasteiger partial charge in [0.1, 0.15) is 0 Å². The van der Waals surface area contributed by atoms with Gasteiger partial charge in [0, 0.05) is 12.0 Å². The van der Waals surface area contributed by atoms with Crippen LogP contribution in [0.3, 0.4) is 0 Å². The molecule has 2 N–H and O–H groups in total. The molecule has 108 valence electrons. The number of hydrogen-bond donors (Lipinski definition) is 1. The highest BCUT2D eigenvalue weighted by Gasteiger charge is 2.27. The zero-order valence-electron chi connectivity index (χ0n) is 12.4. The number of hydrogen-bond acceptors (Lipinski definition) is 4. The van der Waals surface area contributed by atoms with Crippen molar-refractivity contribution in [2.75, 3.05) is 0 Å². The van der Waals surface area contributed by atoms with Crippen molar-refractivity contribution in [3.63, 3.8) is 0 Å². The Hall–Kier alpha value is -0.900. The third-order valence-electron chi connectivity index (χ3n) is 4.64. The molecule has 1 saturated carbocycles.